The zero-order valence-corrected chi connectivity index (χ0v) is 22.8. The Morgan fingerprint density at radius 1 is 1.26 bits per heavy atom. The molecule has 0 spiro atoms. The molecule has 3 atom stereocenters. The molecule has 38 heavy (non-hydrogen) atoms. The predicted octanol–water partition coefficient (Wildman–Crippen LogP) is 1.61. The van der Waals surface area contributed by atoms with Crippen LogP contribution in [0.1, 0.15) is 51.8 Å². The second-order valence-electron chi connectivity index (χ2n) is 11.2. The molecule has 0 saturated carbocycles. The Morgan fingerprint density at radius 2 is 1.97 bits per heavy atom. The zero-order valence-electron chi connectivity index (χ0n) is 22.8. The summed E-state index contributed by atoms with van der Waals surface area (Å²) in [6.45, 7) is 7.70. The Labute approximate surface area is 223 Å². The zero-order chi connectivity index (χ0) is 28.1. The normalized spacial score (nSPS) is 17.2. The Bertz CT molecular complexity index is 1120. The molecule has 3 rings (SSSR count). The van der Waals surface area contributed by atoms with Crippen molar-refractivity contribution in [3.63, 3.8) is 0 Å². The van der Waals surface area contributed by atoms with E-state index >= 15 is 0 Å². The summed E-state index contributed by atoms with van der Waals surface area (Å²) in [4.78, 5) is 46.6. The van der Waals surface area contributed by atoms with Crippen LogP contribution < -0.4 is 21.3 Å². The van der Waals surface area contributed by atoms with Crippen molar-refractivity contribution in [2.24, 2.45) is 11.1 Å². The van der Waals surface area contributed by atoms with Crippen molar-refractivity contribution in [2.45, 2.75) is 70.6 Å². The van der Waals surface area contributed by atoms with E-state index in [1.54, 1.807) is 24.9 Å². The molecule has 11 nitrogen and oxygen atoms in total. The number of benzene rings is 1. The van der Waals surface area contributed by atoms with Crippen molar-refractivity contribution in [1.82, 2.24) is 20.6 Å². The summed E-state index contributed by atoms with van der Waals surface area (Å²) >= 11 is 0. The summed E-state index contributed by atoms with van der Waals surface area (Å²) in [7, 11) is 1.31. The molecular weight excluding hydrogens is 488 g/mol. The van der Waals surface area contributed by atoms with Gasteiger partial charge in [0.2, 0.25) is 11.8 Å². The van der Waals surface area contributed by atoms with Crippen LogP contribution in [0.4, 0.5) is 10.5 Å². The van der Waals surface area contributed by atoms with Crippen LogP contribution in [0.5, 0.6) is 0 Å². The maximum Gasteiger partial charge on any atom is 0.407 e. The van der Waals surface area contributed by atoms with Gasteiger partial charge in [0.05, 0.1) is 31.0 Å². The minimum atomic E-state index is -0.991. The molecule has 1 aliphatic heterocycles. The van der Waals surface area contributed by atoms with E-state index in [1.165, 1.54) is 13.4 Å². The van der Waals surface area contributed by atoms with Crippen molar-refractivity contribution < 1.29 is 24.2 Å². The summed E-state index contributed by atoms with van der Waals surface area (Å²) < 4.78 is 4.73. The van der Waals surface area contributed by atoms with E-state index in [0.717, 1.165) is 11.3 Å². The van der Waals surface area contributed by atoms with Crippen LogP contribution in [0.3, 0.4) is 0 Å². The molecule has 1 aromatic heterocycles. The van der Waals surface area contributed by atoms with E-state index in [4.69, 9.17) is 10.5 Å². The van der Waals surface area contributed by atoms with Gasteiger partial charge in [0, 0.05) is 43.1 Å². The fraction of sp³-hybridized carbons (Fsp3) is 0.556. The van der Waals surface area contributed by atoms with E-state index in [2.05, 4.69) is 20.6 Å². The van der Waals surface area contributed by atoms with Crippen molar-refractivity contribution in [1.29, 1.82) is 0 Å². The smallest absolute Gasteiger partial charge is 0.407 e. The molecule has 1 aromatic carbocycles. The largest absolute Gasteiger partial charge is 0.453 e. The van der Waals surface area contributed by atoms with Gasteiger partial charge in [-0.3, -0.25) is 9.59 Å². The number of hydrogen-bond donors (Lipinski definition) is 5. The highest BCUT2D eigenvalue weighted by atomic mass is 16.5. The Balaban J connectivity index is 1.59. The number of rotatable bonds is 10. The third-order valence-corrected chi connectivity index (χ3v) is 7.08. The monoisotopic (exact) mass is 528 g/mol. The molecule has 0 saturated heterocycles. The molecule has 6 N–H and O–H groups in total. The minimum Gasteiger partial charge on any atom is -0.453 e. The number of aliphatic hydroxyl groups is 1. The molecule has 11 heteroatoms. The first-order valence-corrected chi connectivity index (χ1v) is 12.8. The van der Waals surface area contributed by atoms with Crippen molar-refractivity contribution in [3.8, 4) is 0 Å². The number of ether oxygens (including phenoxy) is 1. The van der Waals surface area contributed by atoms with Gasteiger partial charge in [-0.25, -0.2) is 9.78 Å². The van der Waals surface area contributed by atoms with Crippen LogP contribution in [0.2, 0.25) is 0 Å². The maximum absolute atomic E-state index is 13.5. The van der Waals surface area contributed by atoms with E-state index in [-0.39, 0.29) is 30.8 Å². The SMILES string of the molecule is COC(=O)NC1Cc2ccccc2N(C(=O)CC(C)(C)C[C@H](N)[C@@H](O)CNC(=O)C(C)(C)c2cnc[nH]2)C1. The number of nitrogens with zero attached hydrogens (tertiary/aromatic N) is 2. The van der Waals surface area contributed by atoms with Crippen molar-refractivity contribution in [2.75, 3.05) is 25.1 Å². The maximum atomic E-state index is 13.5. The average Bonchev–Trinajstić information content (AvgIpc) is 3.41. The van der Waals surface area contributed by atoms with Crippen LogP contribution in [0.25, 0.3) is 0 Å². The lowest BCUT2D eigenvalue weighted by molar-refractivity contribution is -0.126. The number of nitrogens with two attached hydrogens (primary N) is 1. The van der Waals surface area contributed by atoms with Gasteiger partial charge in [0.25, 0.3) is 0 Å². The van der Waals surface area contributed by atoms with Gasteiger partial charge < -0.3 is 36.1 Å². The van der Waals surface area contributed by atoms with Crippen LogP contribution in [-0.4, -0.2) is 71.4 Å². The van der Waals surface area contributed by atoms with Crippen LogP contribution in [-0.2, 0) is 26.2 Å². The Kier molecular flexibility index (Phi) is 9.16. The highest BCUT2D eigenvalue weighted by Crippen LogP contribution is 2.32. The second kappa shape index (κ2) is 12.0. The van der Waals surface area contributed by atoms with Gasteiger partial charge in [-0.05, 0) is 43.7 Å². The van der Waals surface area contributed by atoms with Crippen molar-refractivity contribution >= 4 is 23.6 Å². The number of carbonyl (C=O) groups is 3. The number of aliphatic hydroxyl groups excluding tert-OH is 1. The topological polar surface area (TPSA) is 163 Å². The second-order valence-corrected chi connectivity index (χ2v) is 11.2. The molecule has 1 unspecified atom stereocenters. The summed E-state index contributed by atoms with van der Waals surface area (Å²) in [5.41, 5.74) is 7.38. The number of aromatic nitrogens is 2. The quantitative estimate of drug-likeness (QED) is 0.313. The molecule has 2 heterocycles. The van der Waals surface area contributed by atoms with Crippen LogP contribution in [0, 0.1) is 5.41 Å². The number of H-pyrrole nitrogens is 1. The fourth-order valence-electron chi connectivity index (χ4n) is 4.79. The molecule has 0 radical (unpaired) electrons. The summed E-state index contributed by atoms with van der Waals surface area (Å²) in [6, 6.07) is 6.70. The lowest BCUT2D eigenvalue weighted by atomic mass is 9.80. The first kappa shape index (κ1) is 29.1. The third-order valence-electron chi connectivity index (χ3n) is 7.08. The minimum absolute atomic E-state index is 0.0119. The number of hydrogen-bond acceptors (Lipinski definition) is 7. The standard InChI is InChI=1S/C27H40N6O5/c1-26(2,11-19(28)21(34)13-30-24(36)27(3,4)22-14-29-16-31-22)12-23(35)33-15-18(32-25(37)38-5)10-17-8-6-7-9-20(17)33/h6-9,14,16,18-19,21,34H,10-13,15,28H2,1-5H3,(H,29,31)(H,30,36)(H,32,37)/t18?,19-,21-/m0/s1. The first-order valence-electron chi connectivity index (χ1n) is 12.8. The Hall–Kier alpha value is -3.44. The number of methoxy groups -OCH3 is 1. The van der Waals surface area contributed by atoms with Gasteiger partial charge in [-0.2, -0.15) is 0 Å². The number of amides is 3. The number of para-hydroxylation sites is 1. The number of aromatic amines is 1. The highest BCUT2D eigenvalue weighted by molar-refractivity contribution is 5.95. The number of imidazole rings is 1. The number of fused-ring (bicyclic) bond motifs is 1. The van der Waals surface area contributed by atoms with E-state index in [9.17, 15) is 19.5 Å². The lowest BCUT2D eigenvalue weighted by Gasteiger charge is -2.37. The third kappa shape index (κ3) is 7.11. The van der Waals surface area contributed by atoms with Gasteiger partial charge in [0.1, 0.15) is 0 Å². The van der Waals surface area contributed by atoms with E-state index < -0.39 is 29.1 Å². The molecule has 2 aromatic rings. The number of nitrogens with one attached hydrogen (secondary N) is 3. The molecule has 3 amide bonds. The lowest BCUT2D eigenvalue weighted by Crippen LogP contribution is -2.51. The first-order chi connectivity index (χ1) is 17.8. The molecule has 208 valence electrons. The number of anilines is 1. The van der Waals surface area contributed by atoms with Gasteiger partial charge >= 0.3 is 6.09 Å². The summed E-state index contributed by atoms with van der Waals surface area (Å²) in [6.07, 6.45) is 2.72. The van der Waals surface area contributed by atoms with Crippen LogP contribution in [0.15, 0.2) is 36.8 Å². The molecular formula is C27H40N6O5. The number of carbonyl (C=O) groups excluding carboxylic acids is 3. The molecule has 0 aliphatic carbocycles. The predicted molar refractivity (Wildman–Crippen MR) is 143 cm³/mol. The van der Waals surface area contributed by atoms with Gasteiger partial charge in [-0.1, -0.05) is 32.0 Å². The fourth-order valence-corrected chi connectivity index (χ4v) is 4.79. The van der Waals surface area contributed by atoms with Gasteiger partial charge in [-0.15, -0.1) is 0 Å². The average molecular weight is 529 g/mol. The molecule has 0 fully saturated rings. The highest BCUT2D eigenvalue weighted by Gasteiger charge is 2.35. The number of alkyl carbamates (subject to hydrolysis) is 1. The molecule has 0 bridgehead atoms. The molecule has 1 aliphatic rings. The van der Waals surface area contributed by atoms with E-state index in [0.29, 0.717) is 25.1 Å². The van der Waals surface area contributed by atoms with E-state index in [1.807, 2.05) is 38.1 Å². The van der Waals surface area contributed by atoms with Crippen LogP contribution >= 0.6 is 0 Å². The van der Waals surface area contributed by atoms with Crippen molar-refractivity contribution in [3.05, 3.63) is 48.0 Å². The van der Waals surface area contributed by atoms with Gasteiger partial charge in [0.15, 0.2) is 0 Å². The Morgan fingerprint density at radius 3 is 2.63 bits per heavy atom. The summed E-state index contributed by atoms with van der Waals surface area (Å²) in [5, 5.41) is 16.2. The summed E-state index contributed by atoms with van der Waals surface area (Å²) in [5.74, 6) is -0.364.